The van der Waals surface area contributed by atoms with Gasteiger partial charge in [0.05, 0.1) is 6.10 Å². The summed E-state index contributed by atoms with van der Waals surface area (Å²) in [6.45, 7) is 4.24. The molecule has 0 spiro atoms. The molecule has 1 aromatic rings. The number of aliphatic hydroxyl groups excluding tert-OH is 1. The number of pyridine rings is 1. The Kier molecular flexibility index (Phi) is 2.23. The maximum atomic E-state index is 11.5. The number of hydrogen-bond acceptors (Lipinski definition) is 2. The van der Waals surface area contributed by atoms with E-state index in [2.05, 4.69) is 13.8 Å². The minimum atomic E-state index is -0.435. The first-order chi connectivity index (χ1) is 6.91. The Morgan fingerprint density at radius 3 is 2.80 bits per heavy atom. The summed E-state index contributed by atoms with van der Waals surface area (Å²) in [5, 5.41) is 10.00. The van der Waals surface area contributed by atoms with Gasteiger partial charge in [-0.05, 0) is 24.3 Å². The minimum absolute atomic E-state index is 0.00125. The average molecular weight is 207 g/mol. The van der Waals surface area contributed by atoms with Gasteiger partial charge in [0.15, 0.2) is 0 Å². The molecule has 0 saturated heterocycles. The van der Waals surface area contributed by atoms with E-state index in [-0.39, 0.29) is 11.0 Å². The van der Waals surface area contributed by atoms with E-state index in [1.807, 2.05) is 0 Å². The Morgan fingerprint density at radius 1 is 1.47 bits per heavy atom. The van der Waals surface area contributed by atoms with Crippen LogP contribution in [0.15, 0.2) is 16.9 Å². The highest BCUT2D eigenvalue weighted by atomic mass is 16.3. The molecule has 0 unspecified atom stereocenters. The van der Waals surface area contributed by atoms with E-state index in [4.69, 9.17) is 0 Å². The SMILES string of the molecule is Cn1c2c(ccc1=O)[C@@H](O)CC(C)(C)C2. The van der Waals surface area contributed by atoms with Gasteiger partial charge in [0.25, 0.3) is 0 Å². The van der Waals surface area contributed by atoms with Crippen LogP contribution >= 0.6 is 0 Å². The number of aromatic nitrogens is 1. The zero-order valence-corrected chi connectivity index (χ0v) is 9.45. The number of fused-ring (bicyclic) bond motifs is 1. The smallest absolute Gasteiger partial charge is 0.250 e. The molecule has 2 rings (SSSR count). The molecule has 1 atom stereocenters. The predicted octanol–water partition coefficient (Wildman–Crippen LogP) is 1.39. The van der Waals surface area contributed by atoms with E-state index in [9.17, 15) is 9.90 Å². The predicted molar refractivity (Wildman–Crippen MR) is 58.7 cm³/mol. The van der Waals surface area contributed by atoms with E-state index in [0.717, 1.165) is 24.1 Å². The van der Waals surface area contributed by atoms with Gasteiger partial charge >= 0.3 is 0 Å². The van der Waals surface area contributed by atoms with Crippen LogP contribution in [0.5, 0.6) is 0 Å². The Bertz CT molecular complexity index is 445. The third kappa shape index (κ3) is 1.72. The molecule has 0 radical (unpaired) electrons. The van der Waals surface area contributed by atoms with Gasteiger partial charge in [-0.2, -0.15) is 0 Å². The van der Waals surface area contributed by atoms with Crippen molar-refractivity contribution in [3.05, 3.63) is 33.7 Å². The molecule has 0 aliphatic heterocycles. The summed E-state index contributed by atoms with van der Waals surface area (Å²) < 4.78 is 1.65. The van der Waals surface area contributed by atoms with Crippen LogP contribution in [0.1, 0.15) is 37.6 Å². The van der Waals surface area contributed by atoms with Gasteiger partial charge in [-0.3, -0.25) is 4.79 Å². The molecule has 3 heteroatoms. The van der Waals surface area contributed by atoms with Gasteiger partial charge in [-0.25, -0.2) is 0 Å². The van der Waals surface area contributed by atoms with Gasteiger partial charge in [0, 0.05) is 24.4 Å². The number of rotatable bonds is 0. The van der Waals surface area contributed by atoms with Crippen molar-refractivity contribution >= 4 is 0 Å². The second-order valence-electron chi connectivity index (χ2n) is 5.19. The molecule has 3 nitrogen and oxygen atoms in total. The Hall–Kier alpha value is -1.09. The standard InChI is InChI=1S/C12H17NO2/c1-12(2)6-9-8(10(14)7-12)4-5-11(15)13(9)3/h4-5,10,14H,6-7H2,1-3H3/t10-/m0/s1. The summed E-state index contributed by atoms with van der Waals surface area (Å²) in [7, 11) is 1.77. The molecule has 82 valence electrons. The second kappa shape index (κ2) is 3.20. The van der Waals surface area contributed by atoms with Crippen molar-refractivity contribution in [1.29, 1.82) is 0 Å². The molecule has 0 bridgehead atoms. The Morgan fingerprint density at radius 2 is 2.13 bits per heavy atom. The van der Waals surface area contributed by atoms with Gasteiger partial charge < -0.3 is 9.67 Å². The van der Waals surface area contributed by atoms with Gasteiger partial charge in [0.1, 0.15) is 0 Å². The highest BCUT2D eigenvalue weighted by molar-refractivity contribution is 5.27. The van der Waals surface area contributed by atoms with Crippen LogP contribution in [0.2, 0.25) is 0 Å². The van der Waals surface area contributed by atoms with Crippen molar-refractivity contribution in [1.82, 2.24) is 4.57 Å². The molecule has 0 amide bonds. The third-order valence-corrected chi connectivity index (χ3v) is 3.23. The molecule has 1 aliphatic carbocycles. The van der Waals surface area contributed by atoms with Gasteiger partial charge in [-0.1, -0.05) is 13.8 Å². The average Bonchev–Trinajstić information content (AvgIpc) is 2.10. The van der Waals surface area contributed by atoms with Crippen molar-refractivity contribution in [3.63, 3.8) is 0 Å². The number of nitrogens with zero attached hydrogens (tertiary/aromatic N) is 1. The monoisotopic (exact) mass is 207 g/mol. The van der Waals surface area contributed by atoms with Crippen LogP contribution in [0.3, 0.4) is 0 Å². The third-order valence-electron chi connectivity index (χ3n) is 3.23. The lowest BCUT2D eigenvalue weighted by molar-refractivity contribution is 0.0965. The topological polar surface area (TPSA) is 42.2 Å². The zero-order chi connectivity index (χ0) is 11.2. The number of aliphatic hydroxyl groups is 1. The minimum Gasteiger partial charge on any atom is -0.388 e. The summed E-state index contributed by atoms with van der Waals surface area (Å²) in [6, 6.07) is 3.29. The molecule has 1 N–H and O–H groups in total. The highest BCUT2D eigenvalue weighted by Crippen LogP contribution is 2.39. The van der Waals surface area contributed by atoms with Crippen LogP contribution in [0, 0.1) is 5.41 Å². The summed E-state index contributed by atoms with van der Waals surface area (Å²) in [5.74, 6) is 0. The van der Waals surface area contributed by atoms with Crippen LogP contribution in [-0.2, 0) is 13.5 Å². The normalized spacial score (nSPS) is 23.6. The van der Waals surface area contributed by atoms with E-state index in [0.29, 0.717) is 0 Å². The maximum absolute atomic E-state index is 11.5. The first-order valence-electron chi connectivity index (χ1n) is 5.28. The summed E-state index contributed by atoms with van der Waals surface area (Å²) >= 11 is 0. The fourth-order valence-electron chi connectivity index (χ4n) is 2.38. The molecule has 15 heavy (non-hydrogen) atoms. The first-order valence-corrected chi connectivity index (χ1v) is 5.28. The molecule has 1 aromatic heterocycles. The fraction of sp³-hybridized carbons (Fsp3) is 0.583. The Balaban J connectivity index is 2.61. The molecular weight excluding hydrogens is 190 g/mol. The van der Waals surface area contributed by atoms with Crippen LogP contribution in [0.25, 0.3) is 0 Å². The van der Waals surface area contributed by atoms with Gasteiger partial charge in [-0.15, -0.1) is 0 Å². The van der Waals surface area contributed by atoms with Crippen LogP contribution in [-0.4, -0.2) is 9.67 Å². The van der Waals surface area contributed by atoms with Crippen molar-refractivity contribution < 1.29 is 5.11 Å². The highest BCUT2D eigenvalue weighted by Gasteiger charge is 2.32. The molecule has 0 fully saturated rings. The van der Waals surface area contributed by atoms with Crippen molar-refractivity contribution in [2.45, 2.75) is 32.8 Å². The largest absolute Gasteiger partial charge is 0.388 e. The second-order valence-corrected chi connectivity index (χ2v) is 5.19. The van der Waals surface area contributed by atoms with Crippen molar-refractivity contribution in [2.24, 2.45) is 12.5 Å². The van der Waals surface area contributed by atoms with E-state index in [1.165, 1.54) is 6.07 Å². The van der Waals surface area contributed by atoms with Gasteiger partial charge in [0.2, 0.25) is 5.56 Å². The lowest BCUT2D eigenvalue weighted by Crippen LogP contribution is -2.32. The lowest BCUT2D eigenvalue weighted by atomic mass is 9.75. The summed E-state index contributed by atoms with van der Waals surface area (Å²) in [6.07, 6.45) is 1.18. The van der Waals surface area contributed by atoms with E-state index >= 15 is 0 Å². The summed E-state index contributed by atoms with van der Waals surface area (Å²) in [4.78, 5) is 11.5. The van der Waals surface area contributed by atoms with E-state index in [1.54, 1.807) is 17.7 Å². The maximum Gasteiger partial charge on any atom is 0.250 e. The quantitative estimate of drug-likeness (QED) is 0.698. The van der Waals surface area contributed by atoms with Crippen LogP contribution < -0.4 is 5.56 Å². The lowest BCUT2D eigenvalue weighted by Gasteiger charge is -2.35. The van der Waals surface area contributed by atoms with Crippen molar-refractivity contribution in [2.75, 3.05) is 0 Å². The molecule has 0 saturated carbocycles. The zero-order valence-electron chi connectivity index (χ0n) is 9.45. The molecule has 1 heterocycles. The molecule has 0 aromatic carbocycles. The molecular formula is C12H17NO2. The van der Waals surface area contributed by atoms with Crippen LogP contribution in [0.4, 0.5) is 0 Å². The van der Waals surface area contributed by atoms with Crippen molar-refractivity contribution in [3.8, 4) is 0 Å². The Labute approximate surface area is 89.4 Å². The molecule has 1 aliphatic rings. The fourth-order valence-corrected chi connectivity index (χ4v) is 2.38. The number of hydrogen-bond donors (Lipinski definition) is 1. The van der Waals surface area contributed by atoms with E-state index < -0.39 is 6.10 Å². The first kappa shape index (κ1) is 10.4. The summed E-state index contributed by atoms with van der Waals surface area (Å²) in [5.41, 5.74) is 1.96.